The third-order valence-electron chi connectivity index (χ3n) is 3.77. The fourth-order valence-electron chi connectivity index (χ4n) is 2.38. The lowest BCUT2D eigenvalue weighted by molar-refractivity contribution is -0.154. The molecule has 0 radical (unpaired) electrons. The molecule has 0 unspecified atom stereocenters. The monoisotopic (exact) mass is 332 g/mol. The molecule has 0 saturated carbocycles. The van der Waals surface area contributed by atoms with Crippen LogP contribution in [0.5, 0.6) is 5.88 Å². The molecule has 5 nitrogen and oxygen atoms in total. The summed E-state index contributed by atoms with van der Waals surface area (Å²) in [4.78, 5) is 15.9. The molecule has 0 spiro atoms. The van der Waals surface area contributed by atoms with E-state index in [4.69, 9.17) is 4.74 Å². The van der Waals surface area contributed by atoms with Crippen LogP contribution in [0.2, 0.25) is 0 Å². The van der Waals surface area contributed by atoms with Gasteiger partial charge >= 0.3 is 6.18 Å². The highest BCUT2D eigenvalue weighted by Gasteiger charge is 2.29. The second-order valence-electron chi connectivity index (χ2n) is 5.52. The molecule has 23 heavy (non-hydrogen) atoms. The van der Waals surface area contributed by atoms with Gasteiger partial charge in [0.1, 0.15) is 0 Å². The summed E-state index contributed by atoms with van der Waals surface area (Å²) in [5.41, 5.74) is 0.424. The zero-order chi connectivity index (χ0) is 16.9. The van der Waals surface area contributed by atoms with Gasteiger partial charge in [-0.25, -0.2) is 4.98 Å². The van der Waals surface area contributed by atoms with Gasteiger partial charge in [0, 0.05) is 25.2 Å². The molecule has 2 heterocycles. The van der Waals surface area contributed by atoms with Gasteiger partial charge in [-0.3, -0.25) is 4.79 Å². The topological polar surface area (TPSA) is 60.5 Å². The number of hydrogen-bond acceptors (Lipinski definition) is 4. The molecular formula is C15H19F3N2O3. The number of ether oxygens (including phenoxy) is 2. The van der Waals surface area contributed by atoms with E-state index in [1.165, 1.54) is 18.3 Å². The predicted molar refractivity (Wildman–Crippen MR) is 77.1 cm³/mol. The summed E-state index contributed by atoms with van der Waals surface area (Å²) in [6, 6.07) is 2.76. The number of amides is 1. The van der Waals surface area contributed by atoms with Crippen LogP contribution in [-0.4, -0.2) is 36.9 Å². The Kier molecular flexibility index (Phi) is 5.81. The zero-order valence-corrected chi connectivity index (χ0v) is 12.7. The average molecular weight is 332 g/mol. The first-order valence-electron chi connectivity index (χ1n) is 7.39. The normalized spacial score (nSPS) is 17.6. The molecule has 0 aliphatic carbocycles. The number of anilines is 1. The fourth-order valence-corrected chi connectivity index (χ4v) is 2.38. The fraction of sp³-hybridized carbons (Fsp3) is 0.600. The molecule has 0 aromatic carbocycles. The average Bonchev–Trinajstić information content (AvgIpc) is 2.53. The van der Waals surface area contributed by atoms with Gasteiger partial charge in [0.2, 0.25) is 11.8 Å². The van der Waals surface area contributed by atoms with Crippen molar-refractivity contribution in [3.05, 3.63) is 18.3 Å². The Balaban J connectivity index is 1.86. The van der Waals surface area contributed by atoms with Crippen LogP contribution in [0.25, 0.3) is 0 Å². The first-order chi connectivity index (χ1) is 10.8. The van der Waals surface area contributed by atoms with Crippen molar-refractivity contribution in [2.45, 2.75) is 25.9 Å². The zero-order valence-electron chi connectivity index (χ0n) is 12.7. The number of carbonyl (C=O) groups is 1. The predicted octanol–water partition coefficient (Wildman–Crippen LogP) is 3.02. The number of nitrogens with zero attached hydrogens (tertiary/aromatic N) is 1. The van der Waals surface area contributed by atoms with Crippen molar-refractivity contribution in [2.75, 3.05) is 25.1 Å². The van der Waals surface area contributed by atoms with E-state index < -0.39 is 12.8 Å². The van der Waals surface area contributed by atoms with E-state index in [1.807, 2.05) is 6.92 Å². The van der Waals surface area contributed by atoms with Gasteiger partial charge in [-0.2, -0.15) is 13.2 Å². The molecule has 1 aromatic rings. The number of halogens is 3. The number of pyridine rings is 1. The highest BCUT2D eigenvalue weighted by atomic mass is 19.4. The smallest absolute Gasteiger partial charge is 0.422 e. The molecule has 1 N–H and O–H groups in total. The first-order valence-corrected chi connectivity index (χ1v) is 7.39. The van der Waals surface area contributed by atoms with E-state index in [9.17, 15) is 18.0 Å². The minimum absolute atomic E-state index is 0.136. The largest absolute Gasteiger partial charge is 0.468 e. The third kappa shape index (κ3) is 5.70. The Hall–Kier alpha value is -1.83. The Morgan fingerprint density at radius 1 is 1.43 bits per heavy atom. The molecule has 1 amide bonds. The van der Waals surface area contributed by atoms with Crippen LogP contribution in [-0.2, 0) is 9.53 Å². The Labute approximate surface area is 132 Å². The SMILES string of the molecule is C[C@@H](C(=O)Nc1ccc(OCC(F)(F)F)nc1)C1CCOCC1. The Bertz CT molecular complexity index is 514. The molecule has 1 saturated heterocycles. The van der Waals surface area contributed by atoms with E-state index in [2.05, 4.69) is 15.0 Å². The van der Waals surface area contributed by atoms with Crippen LogP contribution >= 0.6 is 0 Å². The lowest BCUT2D eigenvalue weighted by Gasteiger charge is -2.26. The molecule has 1 aromatic heterocycles. The number of nitrogens with one attached hydrogen (secondary N) is 1. The van der Waals surface area contributed by atoms with E-state index >= 15 is 0 Å². The van der Waals surface area contributed by atoms with Gasteiger partial charge < -0.3 is 14.8 Å². The van der Waals surface area contributed by atoms with E-state index in [-0.39, 0.29) is 23.6 Å². The molecule has 0 bridgehead atoms. The number of rotatable bonds is 5. The molecule has 1 aliphatic heterocycles. The van der Waals surface area contributed by atoms with Crippen LogP contribution in [0.1, 0.15) is 19.8 Å². The Morgan fingerprint density at radius 3 is 2.70 bits per heavy atom. The van der Waals surface area contributed by atoms with Crippen LogP contribution in [0, 0.1) is 11.8 Å². The maximum Gasteiger partial charge on any atom is 0.422 e. The second kappa shape index (κ2) is 7.63. The van der Waals surface area contributed by atoms with Crippen molar-refractivity contribution in [3.8, 4) is 5.88 Å². The van der Waals surface area contributed by atoms with Crippen molar-refractivity contribution in [1.29, 1.82) is 0 Å². The van der Waals surface area contributed by atoms with Gasteiger partial charge in [-0.1, -0.05) is 6.92 Å². The number of carbonyl (C=O) groups excluding carboxylic acids is 1. The van der Waals surface area contributed by atoms with E-state index in [0.29, 0.717) is 18.9 Å². The maximum atomic E-state index is 12.2. The van der Waals surface area contributed by atoms with Crippen molar-refractivity contribution in [2.24, 2.45) is 11.8 Å². The van der Waals surface area contributed by atoms with E-state index in [1.54, 1.807) is 0 Å². The highest BCUT2D eigenvalue weighted by molar-refractivity contribution is 5.92. The quantitative estimate of drug-likeness (QED) is 0.900. The molecule has 2 rings (SSSR count). The minimum Gasteiger partial charge on any atom is -0.468 e. The van der Waals surface area contributed by atoms with Crippen molar-refractivity contribution < 1.29 is 27.4 Å². The Morgan fingerprint density at radius 2 is 2.13 bits per heavy atom. The molecule has 1 fully saturated rings. The molecular weight excluding hydrogens is 313 g/mol. The standard InChI is InChI=1S/C15H19F3N2O3/c1-10(11-4-6-22-7-5-11)14(21)20-12-2-3-13(19-8-12)23-9-15(16,17)18/h2-3,8,10-11H,4-7,9H2,1H3,(H,20,21)/t10-/m1/s1. The van der Waals surface area contributed by atoms with Crippen LogP contribution < -0.4 is 10.1 Å². The lowest BCUT2D eigenvalue weighted by atomic mass is 9.87. The van der Waals surface area contributed by atoms with Crippen LogP contribution in [0.4, 0.5) is 18.9 Å². The van der Waals surface area contributed by atoms with Crippen LogP contribution in [0.15, 0.2) is 18.3 Å². The molecule has 8 heteroatoms. The maximum absolute atomic E-state index is 12.2. The van der Waals surface area contributed by atoms with Crippen molar-refractivity contribution in [1.82, 2.24) is 4.98 Å². The van der Waals surface area contributed by atoms with Gasteiger partial charge in [-0.05, 0) is 24.8 Å². The summed E-state index contributed by atoms with van der Waals surface area (Å²) in [5, 5.41) is 2.72. The molecule has 1 atom stereocenters. The van der Waals surface area contributed by atoms with Gasteiger partial charge in [0.15, 0.2) is 6.61 Å². The molecule has 128 valence electrons. The summed E-state index contributed by atoms with van der Waals surface area (Å²) in [6.45, 7) is 1.79. The van der Waals surface area contributed by atoms with Gasteiger partial charge in [-0.15, -0.1) is 0 Å². The summed E-state index contributed by atoms with van der Waals surface area (Å²) in [6.07, 6.45) is -1.44. The molecule has 1 aliphatic rings. The first kappa shape index (κ1) is 17.5. The van der Waals surface area contributed by atoms with E-state index in [0.717, 1.165) is 12.8 Å². The number of alkyl halides is 3. The lowest BCUT2D eigenvalue weighted by Crippen LogP contribution is -2.31. The van der Waals surface area contributed by atoms with Crippen molar-refractivity contribution >= 4 is 11.6 Å². The number of hydrogen-bond donors (Lipinski definition) is 1. The van der Waals surface area contributed by atoms with Gasteiger partial charge in [0.25, 0.3) is 0 Å². The summed E-state index contributed by atoms with van der Waals surface area (Å²) < 4.78 is 45.9. The second-order valence-corrected chi connectivity index (χ2v) is 5.52. The number of aromatic nitrogens is 1. The summed E-state index contributed by atoms with van der Waals surface area (Å²) >= 11 is 0. The summed E-state index contributed by atoms with van der Waals surface area (Å²) in [7, 11) is 0. The van der Waals surface area contributed by atoms with Crippen molar-refractivity contribution in [3.63, 3.8) is 0 Å². The summed E-state index contributed by atoms with van der Waals surface area (Å²) in [5.74, 6) is -0.174. The third-order valence-corrected chi connectivity index (χ3v) is 3.77. The highest BCUT2D eigenvalue weighted by Crippen LogP contribution is 2.25. The minimum atomic E-state index is -4.41. The van der Waals surface area contributed by atoms with Crippen LogP contribution in [0.3, 0.4) is 0 Å². The van der Waals surface area contributed by atoms with Gasteiger partial charge in [0.05, 0.1) is 11.9 Å².